The van der Waals surface area contributed by atoms with E-state index in [1.165, 1.54) is 0 Å². The number of benzene rings is 1. The fourth-order valence-electron chi connectivity index (χ4n) is 2.43. The van der Waals surface area contributed by atoms with E-state index in [0.29, 0.717) is 23.0 Å². The minimum absolute atomic E-state index is 0.204. The predicted molar refractivity (Wildman–Crippen MR) is 73.9 cm³/mol. The summed E-state index contributed by atoms with van der Waals surface area (Å²) in [7, 11) is 0. The summed E-state index contributed by atoms with van der Waals surface area (Å²) in [5.41, 5.74) is 0.975. The normalized spacial score (nSPS) is 23.5. The Hall–Kier alpha value is -0.450. The van der Waals surface area contributed by atoms with Gasteiger partial charge in [-0.1, -0.05) is 13.0 Å². The van der Waals surface area contributed by atoms with Crippen molar-refractivity contribution < 1.29 is 9.13 Å². The Labute approximate surface area is 116 Å². The Balaban J connectivity index is 1.79. The van der Waals surface area contributed by atoms with Gasteiger partial charge in [-0.15, -0.1) is 0 Å². The molecule has 4 heteroatoms. The zero-order valence-corrected chi connectivity index (χ0v) is 12.2. The third kappa shape index (κ3) is 3.53. The van der Waals surface area contributed by atoms with Crippen molar-refractivity contribution in [2.24, 2.45) is 5.92 Å². The molecule has 0 saturated carbocycles. The Morgan fingerprint density at radius 3 is 3.06 bits per heavy atom. The number of halogens is 2. The van der Waals surface area contributed by atoms with E-state index in [4.69, 9.17) is 4.74 Å². The smallest absolute Gasteiger partial charge is 0.137 e. The molecule has 2 rings (SSSR count). The van der Waals surface area contributed by atoms with Crippen molar-refractivity contribution in [1.29, 1.82) is 0 Å². The molecule has 1 aromatic rings. The summed E-state index contributed by atoms with van der Waals surface area (Å²) in [6.07, 6.45) is 2.58. The van der Waals surface area contributed by atoms with E-state index in [-0.39, 0.29) is 5.82 Å². The molecule has 0 spiro atoms. The molecular weight excluding hydrogens is 297 g/mol. The first-order valence-corrected chi connectivity index (χ1v) is 7.26. The number of ether oxygens (including phenoxy) is 1. The second kappa shape index (κ2) is 6.64. The van der Waals surface area contributed by atoms with Crippen LogP contribution in [-0.2, 0) is 11.3 Å². The summed E-state index contributed by atoms with van der Waals surface area (Å²) < 4.78 is 19.5. The van der Waals surface area contributed by atoms with Gasteiger partial charge in [-0.3, -0.25) is 0 Å². The Morgan fingerprint density at radius 2 is 2.33 bits per heavy atom. The molecule has 0 aliphatic carbocycles. The molecule has 2 nitrogen and oxygen atoms in total. The fourth-order valence-corrected chi connectivity index (χ4v) is 2.68. The Morgan fingerprint density at radius 1 is 1.50 bits per heavy atom. The minimum atomic E-state index is -0.204. The molecule has 1 aliphatic heterocycles. The third-order valence-electron chi connectivity index (χ3n) is 3.47. The second-order valence-corrected chi connectivity index (χ2v) is 5.60. The maximum atomic E-state index is 13.3. The van der Waals surface area contributed by atoms with Crippen LogP contribution < -0.4 is 5.32 Å². The highest BCUT2D eigenvalue weighted by Gasteiger charge is 2.25. The molecule has 1 heterocycles. The maximum absolute atomic E-state index is 13.3. The molecule has 0 amide bonds. The molecule has 1 fully saturated rings. The molecule has 2 unspecified atom stereocenters. The zero-order valence-electron chi connectivity index (χ0n) is 10.6. The SMILES string of the molecule is CCC1OCCC1CNCc1ccc(Br)c(F)c1. The van der Waals surface area contributed by atoms with Crippen LogP contribution >= 0.6 is 15.9 Å². The van der Waals surface area contributed by atoms with E-state index < -0.39 is 0 Å². The summed E-state index contributed by atoms with van der Waals surface area (Å²) in [4.78, 5) is 0. The van der Waals surface area contributed by atoms with Crippen LogP contribution in [-0.4, -0.2) is 19.3 Å². The lowest BCUT2D eigenvalue weighted by atomic mass is 9.99. The average molecular weight is 316 g/mol. The molecular formula is C14H19BrFNO. The topological polar surface area (TPSA) is 21.3 Å². The van der Waals surface area contributed by atoms with E-state index in [0.717, 1.165) is 31.6 Å². The zero-order chi connectivity index (χ0) is 13.0. The molecule has 1 saturated heterocycles. The molecule has 1 N–H and O–H groups in total. The summed E-state index contributed by atoms with van der Waals surface area (Å²) >= 11 is 3.16. The highest BCUT2D eigenvalue weighted by Crippen LogP contribution is 2.22. The van der Waals surface area contributed by atoms with E-state index in [1.807, 2.05) is 6.07 Å². The van der Waals surface area contributed by atoms with Crippen molar-refractivity contribution >= 4 is 15.9 Å². The Kier molecular flexibility index (Phi) is 5.15. The van der Waals surface area contributed by atoms with Gasteiger partial charge in [0.05, 0.1) is 10.6 Å². The number of rotatable bonds is 5. The van der Waals surface area contributed by atoms with Gasteiger partial charge in [0.2, 0.25) is 0 Å². The van der Waals surface area contributed by atoms with Crippen molar-refractivity contribution in [3.05, 3.63) is 34.1 Å². The molecule has 1 aromatic carbocycles. The van der Waals surface area contributed by atoms with Gasteiger partial charge in [0.1, 0.15) is 5.82 Å². The summed E-state index contributed by atoms with van der Waals surface area (Å²) in [6.45, 7) is 4.68. The van der Waals surface area contributed by atoms with Gasteiger partial charge in [-0.2, -0.15) is 0 Å². The van der Waals surface area contributed by atoms with Gasteiger partial charge < -0.3 is 10.1 Å². The van der Waals surface area contributed by atoms with Crippen molar-refractivity contribution in [1.82, 2.24) is 5.32 Å². The Bertz CT molecular complexity index is 399. The highest BCUT2D eigenvalue weighted by atomic mass is 79.9. The largest absolute Gasteiger partial charge is 0.378 e. The first-order chi connectivity index (χ1) is 8.70. The monoisotopic (exact) mass is 315 g/mol. The number of hydrogen-bond donors (Lipinski definition) is 1. The van der Waals surface area contributed by atoms with E-state index in [1.54, 1.807) is 12.1 Å². The van der Waals surface area contributed by atoms with Gasteiger partial charge in [0.25, 0.3) is 0 Å². The molecule has 2 atom stereocenters. The summed E-state index contributed by atoms with van der Waals surface area (Å²) in [5, 5.41) is 3.39. The van der Waals surface area contributed by atoms with Crippen LogP contribution in [0.15, 0.2) is 22.7 Å². The molecule has 100 valence electrons. The standard InChI is InChI=1S/C14H19BrFNO/c1-2-14-11(5-6-18-14)9-17-8-10-3-4-12(15)13(16)7-10/h3-4,7,11,14,17H,2,5-6,8-9H2,1H3. The van der Waals surface area contributed by atoms with Crippen LogP contribution in [0.3, 0.4) is 0 Å². The molecule has 18 heavy (non-hydrogen) atoms. The van der Waals surface area contributed by atoms with Crippen molar-refractivity contribution in [2.45, 2.75) is 32.4 Å². The van der Waals surface area contributed by atoms with E-state index >= 15 is 0 Å². The lowest BCUT2D eigenvalue weighted by molar-refractivity contribution is 0.0872. The van der Waals surface area contributed by atoms with Crippen LogP contribution in [0, 0.1) is 11.7 Å². The highest BCUT2D eigenvalue weighted by molar-refractivity contribution is 9.10. The van der Waals surface area contributed by atoms with Crippen molar-refractivity contribution in [3.63, 3.8) is 0 Å². The number of nitrogens with one attached hydrogen (secondary N) is 1. The van der Waals surface area contributed by atoms with Gasteiger partial charge >= 0.3 is 0 Å². The van der Waals surface area contributed by atoms with Crippen molar-refractivity contribution in [3.8, 4) is 0 Å². The molecule has 0 aromatic heterocycles. The lowest BCUT2D eigenvalue weighted by Crippen LogP contribution is -2.27. The van der Waals surface area contributed by atoms with E-state index in [9.17, 15) is 4.39 Å². The molecule has 0 bridgehead atoms. The van der Waals surface area contributed by atoms with E-state index in [2.05, 4.69) is 28.2 Å². The predicted octanol–water partition coefficient (Wildman–Crippen LogP) is 3.49. The second-order valence-electron chi connectivity index (χ2n) is 4.75. The quantitative estimate of drug-likeness (QED) is 0.898. The van der Waals surface area contributed by atoms with Gasteiger partial charge in [0.15, 0.2) is 0 Å². The summed E-state index contributed by atoms with van der Waals surface area (Å²) in [5.74, 6) is 0.389. The van der Waals surface area contributed by atoms with Crippen molar-refractivity contribution in [2.75, 3.05) is 13.2 Å². The lowest BCUT2D eigenvalue weighted by Gasteiger charge is -2.17. The van der Waals surface area contributed by atoms with Gasteiger partial charge in [0, 0.05) is 19.7 Å². The van der Waals surface area contributed by atoms with Crippen LogP contribution in [0.1, 0.15) is 25.3 Å². The first-order valence-electron chi connectivity index (χ1n) is 6.47. The minimum Gasteiger partial charge on any atom is -0.378 e. The summed E-state index contributed by atoms with van der Waals surface area (Å²) in [6, 6.07) is 5.25. The van der Waals surface area contributed by atoms with Crippen LogP contribution in [0.25, 0.3) is 0 Å². The van der Waals surface area contributed by atoms with Crippen LogP contribution in [0.2, 0.25) is 0 Å². The first kappa shape index (κ1) is 14.0. The number of hydrogen-bond acceptors (Lipinski definition) is 2. The van der Waals surface area contributed by atoms with Crippen LogP contribution in [0.5, 0.6) is 0 Å². The molecule has 0 radical (unpaired) electrons. The average Bonchev–Trinajstić information content (AvgIpc) is 2.81. The van der Waals surface area contributed by atoms with Crippen LogP contribution in [0.4, 0.5) is 4.39 Å². The molecule has 1 aliphatic rings. The van der Waals surface area contributed by atoms with Gasteiger partial charge in [-0.05, 0) is 52.4 Å². The maximum Gasteiger partial charge on any atom is 0.137 e. The van der Waals surface area contributed by atoms with Gasteiger partial charge in [-0.25, -0.2) is 4.39 Å². The fraction of sp³-hybridized carbons (Fsp3) is 0.571. The third-order valence-corrected chi connectivity index (χ3v) is 4.11.